The highest BCUT2D eigenvalue weighted by Gasteiger charge is 2.20. The van der Waals surface area contributed by atoms with Crippen molar-refractivity contribution in [2.24, 2.45) is 0 Å². The zero-order chi connectivity index (χ0) is 24.2. The van der Waals surface area contributed by atoms with Crippen LogP contribution in [0, 0.1) is 11.3 Å². The number of carboxylic acids is 1. The molecular formula is C26H22ClN3O4. The van der Waals surface area contributed by atoms with E-state index in [-0.39, 0.29) is 17.2 Å². The van der Waals surface area contributed by atoms with E-state index in [0.29, 0.717) is 47.8 Å². The number of carboxylic acid groups (broad SMARTS) is 1. The molecule has 3 aromatic carbocycles. The molecule has 0 radical (unpaired) electrons. The second kappa shape index (κ2) is 9.96. The van der Waals surface area contributed by atoms with Gasteiger partial charge >= 0.3 is 5.97 Å². The number of carbonyl (C=O) groups is 2. The monoisotopic (exact) mass is 475 g/mol. The van der Waals surface area contributed by atoms with E-state index in [1.807, 2.05) is 4.90 Å². The maximum absolute atomic E-state index is 13.0. The number of halogens is 1. The molecule has 0 unspecified atom stereocenters. The molecule has 1 aliphatic heterocycles. The quantitative estimate of drug-likeness (QED) is 0.489. The predicted molar refractivity (Wildman–Crippen MR) is 130 cm³/mol. The maximum atomic E-state index is 13.0. The molecule has 0 saturated carbocycles. The number of nitrogens with zero attached hydrogens (tertiary/aromatic N) is 2. The topological polar surface area (TPSA) is 114 Å². The van der Waals surface area contributed by atoms with Gasteiger partial charge < -0.3 is 20.4 Å². The fourth-order valence-electron chi connectivity index (χ4n) is 3.98. The summed E-state index contributed by atoms with van der Waals surface area (Å²) in [4.78, 5) is 26.7. The molecule has 3 aromatic rings. The Morgan fingerprint density at radius 2 is 1.65 bits per heavy atom. The minimum absolute atomic E-state index is 0.0158. The van der Waals surface area contributed by atoms with Crippen LogP contribution in [-0.2, 0) is 0 Å². The Bertz CT molecular complexity index is 1280. The lowest BCUT2D eigenvalue weighted by molar-refractivity contribution is 0.0697. The van der Waals surface area contributed by atoms with Gasteiger partial charge in [-0.25, -0.2) is 4.79 Å². The third kappa shape index (κ3) is 5.20. The molecule has 34 heavy (non-hydrogen) atoms. The van der Waals surface area contributed by atoms with Crippen LogP contribution in [0.2, 0.25) is 5.02 Å². The number of nitriles is 1. The molecule has 4 rings (SSSR count). The highest BCUT2D eigenvalue weighted by molar-refractivity contribution is 6.30. The molecule has 172 valence electrons. The van der Waals surface area contributed by atoms with Crippen LogP contribution in [-0.4, -0.2) is 41.3 Å². The van der Waals surface area contributed by atoms with E-state index >= 15 is 0 Å². The number of aromatic carboxylic acids is 1. The normalized spacial score (nSPS) is 13.9. The molecule has 0 aliphatic carbocycles. The number of rotatable bonds is 5. The second-order valence-corrected chi connectivity index (χ2v) is 8.56. The van der Waals surface area contributed by atoms with Gasteiger partial charge in [0.2, 0.25) is 0 Å². The molecular weight excluding hydrogens is 454 g/mol. The molecule has 0 spiro atoms. The summed E-state index contributed by atoms with van der Waals surface area (Å²) >= 11 is 5.95. The van der Waals surface area contributed by atoms with Crippen LogP contribution >= 0.6 is 11.6 Å². The summed E-state index contributed by atoms with van der Waals surface area (Å²) in [5.74, 6) is -1.64. The van der Waals surface area contributed by atoms with Gasteiger partial charge in [0, 0.05) is 29.4 Å². The number of nitrogens with one attached hydrogen (secondary N) is 1. The number of benzene rings is 3. The van der Waals surface area contributed by atoms with Crippen molar-refractivity contribution in [3.8, 4) is 17.2 Å². The van der Waals surface area contributed by atoms with Crippen LogP contribution in [0.15, 0.2) is 60.7 Å². The maximum Gasteiger partial charge on any atom is 0.335 e. The number of amides is 1. The lowest BCUT2D eigenvalue weighted by Crippen LogP contribution is -2.36. The second-order valence-electron chi connectivity index (χ2n) is 8.13. The average Bonchev–Trinajstić information content (AvgIpc) is 2.84. The zero-order valence-electron chi connectivity index (χ0n) is 18.2. The van der Waals surface area contributed by atoms with Gasteiger partial charge in [-0.3, -0.25) is 4.79 Å². The molecule has 0 bridgehead atoms. The van der Waals surface area contributed by atoms with E-state index in [0.717, 1.165) is 11.3 Å². The van der Waals surface area contributed by atoms with Crippen molar-refractivity contribution in [1.82, 2.24) is 0 Å². The first-order valence-electron chi connectivity index (χ1n) is 10.8. The Balaban J connectivity index is 1.60. The van der Waals surface area contributed by atoms with Gasteiger partial charge in [0.1, 0.15) is 6.07 Å². The van der Waals surface area contributed by atoms with Crippen LogP contribution in [0.25, 0.3) is 11.1 Å². The molecule has 1 aliphatic rings. The summed E-state index contributed by atoms with van der Waals surface area (Å²) in [6, 6.07) is 18.6. The van der Waals surface area contributed by atoms with Crippen molar-refractivity contribution < 1.29 is 19.8 Å². The summed E-state index contributed by atoms with van der Waals surface area (Å²) in [5, 5.41) is 32.2. The molecule has 1 heterocycles. The highest BCUT2D eigenvalue weighted by Crippen LogP contribution is 2.28. The van der Waals surface area contributed by atoms with Crippen LogP contribution in [0.3, 0.4) is 0 Å². The molecule has 1 fully saturated rings. The van der Waals surface area contributed by atoms with Crippen molar-refractivity contribution in [3.63, 3.8) is 0 Å². The number of carbonyl (C=O) groups excluding carboxylic acids is 1. The van der Waals surface area contributed by atoms with Crippen LogP contribution in [0.1, 0.15) is 39.1 Å². The first-order chi connectivity index (χ1) is 16.3. The Hall–Kier alpha value is -3.86. The summed E-state index contributed by atoms with van der Waals surface area (Å²) in [5.41, 5.74) is 3.05. The van der Waals surface area contributed by atoms with E-state index in [2.05, 4.69) is 11.4 Å². The van der Waals surface area contributed by atoms with Gasteiger partial charge in [-0.1, -0.05) is 23.7 Å². The lowest BCUT2D eigenvalue weighted by Gasteiger charge is -2.32. The summed E-state index contributed by atoms with van der Waals surface area (Å²) in [7, 11) is 0. The molecule has 7 nitrogen and oxygen atoms in total. The Kier molecular flexibility index (Phi) is 6.82. The number of aliphatic hydroxyl groups is 1. The van der Waals surface area contributed by atoms with Gasteiger partial charge in [-0.15, -0.1) is 0 Å². The summed E-state index contributed by atoms with van der Waals surface area (Å²) < 4.78 is 0. The van der Waals surface area contributed by atoms with Crippen molar-refractivity contribution in [2.45, 2.75) is 18.9 Å². The van der Waals surface area contributed by atoms with Gasteiger partial charge in [-0.05, 0) is 72.5 Å². The third-order valence-electron chi connectivity index (χ3n) is 5.80. The molecule has 3 N–H and O–H groups in total. The third-order valence-corrected chi connectivity index (χ3v) is 6.05. The van der Waals surface area contributed by atoms with E-state index in [1.165, 1.54) is 12.1 Å². The Morgan fingerprint density at radius 1 is 0.971 bits per heavy atom. The standard InChI is InChI=1S/C26H22ClN3O4/c27-21-3-1-16(2-4-21)17-11-18(13-19(12-17)26(33)34)25(32)29-22-5-6-24(20(14-22)15-28)30-9-7-23(31)8-10-30/h1-6,11-14,23,31H,7-10H2,(H,29,32)(H,33,34). The molecule has 1 saturated heterocycles. The Labute approximate surface area is 201 Å². The molecule has 0 aromatic heterocycles. The largest absolute Gasteiger partial charge is 0.478 e. The fraction of sp³-hybridized carbons (Fsp3) is 0.192. The SMILES string of the molecule is N#Cc1cc(NC(=O)c2cc(C(=O)O)cc(-c3ccc(Cl)cc3)c2)ccc1N1CCC(O)CC1. The smallest absolute Gasteiger partial charge is 0.335 e. The zero-order valence-corrected chi connectivity index (χ0v) is 18.9. The minimum Gasteiger partial charge on any atom is -0.478 e. The Morgan fingerprint density at radius 3 is 2.29 bits per heavy atom. The van der Waals surface area contributed by atoms with Crippen LogP contribution < -0.4 is 10.2 Å². The van der Waals surface area contributed by atoms with Crippen molar-refractivity contribution in [1.29, 1.82) is 5.26 Å². The van der Waals surface area contributed by atoms with Crippen molar-refractivity contribution in [2.75, 3.05) is 23.3 Å². The molecule has 8 heteroatoms. The van der Waals surface area contributed by atoms with E-state index < -0.39 is 11.9 Å². The molecule has 1 amide bonds. The van der Waals surface area contributed by atoms with Crippen molar-refractivity contribution in [3.05, 3.63) is 82.4 Å². The lowest BCUT2D eigenvalue weighted by atomic mass is 9.99. The highest BCUT2D eigenvalue weighted by atomic mass is 35.5. The predicted octanol–water partition coefficient (Wildman–Crippen LogP) is 4.79. The van der Waals surface area contributed by atoms with Gasteiger partial charge in [0.15, 0.2) is 0 Å². The number of aliphatic hydroxyl groups excluding tert-OH is 1. The minimum atomic E-state index is -1.15. The fourth-order valence-corrected chi connectivity index (χ4v) is 4.11. The number of anilines is 2. The van der Waals surface area contributed by atoms with Crippen LogP contribution in [0.5, 0.6) is 0 Å². The molecule has 0 atom stereocenters. The van der Waals surface area contributed by atoms with Gasteiger partial charge in [-0.2, -0.15) is 5.26 Å². The van der Waals surface area contributed by atoms with Gasteiger partial charge in [0.25, 0.3) is 5.91 Å². The van der Waals surface area contributed by atoms with Gasteiger partial charge in [0.05, 0.1) is 22.9 Å². The summed E-state index contributed by atoms with van der Waals surface area (Å²) in [6.07, 6.45) is 0.956. The van der Waals surface area contributed by atoms with E-state index in [1.54, 1.807) is 48.5 Å². The van der Waals surface area contributed by atoms with E-state index in [9.17, 15) is 25.1 Å². The first kappa shape index (κ1) is 23.3. The average molecular weight is 476 g/mol. The number of hydrogen-bond acceptors (Lipinski definition) is 5. The summed E-state index contributed by atoms with van der Waals surface area (Å²) in [6.45, 7) is 1.30. The van der Waals surface area contributed by atoms with Crippen LogP contribution in [0.4, 0.5) is 11.4 Å². The van der Waals surface area contributed by atoms with E-state index in [4.69, 9.17) is 11.6 Å². The number of hydrogen-bond donors (Lipinski definition) is 3. The number of piperidine rings is 1. The first-order valence-corrected chi connectivity index (χ1v) is 11.1. The van der Waals surface area contributed by atoms with Crippen molar-refractivity contribution >= 4 is 34.9 Å².